The highest BCUT2D eigenvalue weighted by molar-refractivity contribution is 5.93. The molecular weight excluding hydrogens is 361 g/mol. The van der Waals surface area contributed by atoms with Gasteiger partial charge in [0, 0.05) is 5.92 Å². The van der Waals surface area contributed by atoms with Crippen molar-refractivity contribution in [2.45, 2.75) is 44.0 Å². The van der Waals surface area contributed by atoms with Gasteiger partial charge in [-0.25, -0.2) is 4.98 Å². The summed E-state index contributed by atoms with van der Waals surface area (Å²) in [6.45, 7) is 2.24. The summed E-state index contributed by atoms with van der Waals surface area (Å²) in [7, 11) is 0. The van der Waals surface area contributed by atoms with E-state index in [1.54, 1.807) is 11.0 Å². The van der Waals surface area contributed by atoms with Gasteiger partial charge in [-0.3, -0.25) is 4.79 Å². The number of halogens is 3. The van der Waals surface area contributed by atoms with Crippen molar-refractivity contribution in [3.8, 4) is 0 Å². The molecule has 4 rings (SSSR count). The molecule has 2 aliphatic rings. The lowest BCUT2D eigenvalue weighted by molar-refractivity contribution is -0.137. The van der Waals surface area contributed by atoms with E-state index in [2.05, 4.69) is 4.98 Å². The summed E-state index contributed by atoms with van der Waals surface area (Å²) in [6, 6.07) is 4.83. The second-order valence-electron chi connectivity index (χ2n) is 7.09. The zero-order valence-corrected chi connectivity index (χ0v) is 14.7. The molecule has 0 radical (unpaired) electrons. The van der Waals surface area contributed by atoms with Gasteiger partial charge in [-0.1, -0.05) is 12.1 Å². The highest BCUT2D eigenvalue weighted by atomic mass is 19.4. The standard InChI is InChI=1S/C19H19F3N2O3/c1-11-9-26-15(13-3-2-4-14(7-13)19(20,21)22)8-24(11)18(25)17-16(12-5-6-12)23-10-27-17/h2-4,7,10-12,15H,5-6,8-9H2,1H3/t11-,15+/m0/s1. The molecule has 1 aromatic heterocycles. The molecule has 2 aromatic rings. The number of rotatable bonds is 3. The van der Waals surface area contributed by atoms with Crippen molar-refractivity contribution < 1.29 is 27.1 Å². The van der Waals surface area contributed by atoms with Gasteiger partial charge >= 0.3 is 6.18 Å². The third kappa shape index (κ3) is 3.58. The molecule has 2 heterocycles. The number of oxazole rings is 1. The van der Waals surface area contributed by atoms with Crippen LogP contribution in [0.15, 0.2) is 35.1 Å². The number of hydrogen-bond acceptors (Lipinski definition) is 4. The van der Waals surface area contributed by atoms with Crippen molar-refractivity contribution >= 4 is 5.91 Å². The number of alkyl halides is 3. The van der Waals surface area contributed by atoms with Crippen LogP contribution in [0, 0.1) is 0 Å². The first-order valence-corrected chi connectivity index (χ1v) is 8.87. The van der Waals surface area contributed by atoms with Crippen LogP contribution in [0.1, 0.15) is 59.2 Å². The Balaban J connectivity index is 1.56. The van der Waals surface area contributed by atoms with Crippen molar-refractivity contribution in [2.75, 3.05) is 13.2 Å². The maximum Gasteiger partial charge on any atom is 0.416 e. The van der Waals surface area contributed by atoms with E-state index in [1.165, 1.54) is 12.5 Å². The Bertz CT molecular complexity index is 845. The average molecular weight is 380 g/mol. The Morgan fingerprint density at radius 1 is 1.30 bits per heavy atom. The van der Waals surface area contributed by atoms with E-state index < -0.39 is 17.8 Å². The van der Waals surface area contributed by atoms with E-state index in [-0.39, 0.29) is 36.8 Å². The first kappa shape index (κ1) is 18.0. The summed E-state index contributed by atoms with van der Waals surface area (Å²) in [5.41, 5.74) is 0.343. The van der Waals surface area contributed by atoms with Crippen molar-refractivity contribution in [3.05, 3.63) is 53.2 Å². The second kappa shape index (κ2) is 6.67. The van der Waals surface area contributed by atoms with E-state index in [0.29, 0.717) is 11.3 Å². The summed E-state index contributed by atoms with van der Waals surface area (Å²) >= 11 is 0. The lowest BCUT2D eigenvalue weighted by atomic mass is 10.0. The highest BCUT2D eigenvalue weighted by Gasteiger charge is 2.38. The van der Waals surface area contributed by atoms with Crippen LogP contribution in [0.2, 0.25) is 0 Å². The van der Waals surface area contributed by atoms with Crippen LogP contribution in [0.4, 0.5) is 13.2 Å². The van der Waals surface area contributed by atoms with E-state index in [1.807, 2.05) is 6.92 Å². The summed E-state index contributed by atoms with van der Waals surface area (Å²) in [6.07, 6.45) is -1.81. The number of hydrogen-bond donors (Lipinski definition) is 0. The van der Waals surface area contributed by atoms with Crippen LogP contribution in [-0.2, 0) is 10.9 Å². The molecule has 1 amide bonds. The fourth-order valence-corrected chi connectivity index (χ4v) is 3.35. The molecule has 2 atom stereocenters. The van der Waals surface area contributed by atoms with Crippen LogP contribution in [0.3, 0.4) is 0 Å². The summed E-state index contributed by atoms with van der Waals surface area (Å²) in [4.78, 5) is 18.7. The molecule has 0 bridgehead atoms. The molecule has 1 saturated heterocycles. The topological polar surface area (TPSA) is 55.6 Å². The number of nitrogens with zero attached hydrogens (tertiary/aromatic N) is 2. The van der Waals surface area contributed by atoms with E-state index in [9.17, 15) is 18.0 Å². The quantitative estimate of drug-likeness (QED) is 0.802. The Morgan fingerprint density at radius 2 is 2.07 bits per heavy atom. The summed E-state index contributed by atoms with van der Waals surface area (Å²) in [5.74, 6) is 0.203. The minimum atomic E-state index is -4.42. The SMILES string of the molecule is C[C@H]1CO[C@@H](c2cccc(C(F)(F)F)c2)CN1C(=O)c1ocnc1C1CC1. The van der Waals surface area contributed by atoms with Gasteiger partial charge in [0.15, 0.2) is 6.39 Å². The van der Waals surface area contributed by atoms with Crippen molar-refractivity contribution in [1.29, 1.82) is 0 Å². The zero-order valence-electron chi connectivity index (χ0n) is 14.7. The largest absolute Gasteiger partial charge is 0.438 e. The zero-order chi connectivity index (χ0) is 19.2. The van der Waals surface area contributed by atoms with Crippen molar-refractivity contribution in [2.24, 2.45) is 0 Å². The lowest BCUT2D eigenvalue weighted by Crippen LogP contribution is -2.48. The van der Waals surface area contributed by atoms with Crippen molar-refractivity contribution in [1.82, 2.24) is 9.88 Å². The first-order chi connectivity index (χ1) is 12.8. The fraction of sp³-hybridized carbons (Fsp3) is 0.474. The number of morpholine rings is 1. The maximum atomic E-state index is 13.0. The van der Waals surface area contributed by atoms with Gasteiger partial charge in [-0.2, -0.15) is 13.2 Å². The first-order valence-electron chi connectivity index (χ1n) is 8.87. The van der Waals surface area contributed by atoms with Gasteiger partial charge in [-0.15, -0.1) is 0 Å². The third-order valence-electron chi connectivity index (χ3n) is 5.03. The molecule has 144 valence electrons. The Morgan fingerprint density at radius 3 is 2.78 bits per heavy atom. The van der Waals surface area contributed by atoms with Crippen LogP contribution in [0.25, 0.3) is 0 Å². The van der Waals surface area contributed by atoms with Gasteiger partial charge in [-0.05, 0) is 37.5 Å². The number of aromatic nitrogens is 1. The predicted molar refractivity (Wildman–Crippen MR) is 89.1 cm³/mol. The van der Waals surface area contributed by atoms with Crippen molar-refractivity contribution in [3.63, 3.8) is 0 Å². The van der Waals surface area contributed by atoms with Gasteiger partial charge in [0.25, 0.3) is 5.91 Å². The number of carbonyl (C=O) groups is 1. The molecule has 0 N–H and O–H groups in total. The minimum absolute atomic E-state index is 0.159. The van der Waals surface area contributed by atoms with E-state index in [0.717, 1.165) is 25.0 Å². The van der Waals surface area contributed by atoms with Gasteiger partial charge in [0.1, 0.15) is 6.10 Å². The Labute approximate surface area is 154 Å². The maximum absolute atomic E-state index is 13.0. The molecule has 8 heteroatoms. The smallest absolute Gasteiger partial charge is 0.416 e. The fourth-order valence-electron chi connectivity index (χ4n) is 3.35. The molecule has 5 nitrogen and oxygen atoms in total. The molecule has 1 aliphatic carbocycles. The Kier molecular flexibility index (Phi) is 4.46. The monoisotopic (exact) mass is 380 g/mol. The highest BCUT2D eigenvalue weighted by Crippen LogP contribution is 2.41. The molecule has 2 fully saturated rings. The lowest BCUT2D eigenvalue weighted by Gasteiger charge is -2.38. The molecule has 27 heavy (non-hydrogen) atoms. The van der Waals surface area contributed by atoms with Crippen LogP contribution in [-0.4, -0.2) is 35.0 Å². The van der Waals surface area contributed by atoms with Crippen LogP contribution < -0.4 is 0 Å². The number of benzene rings is 1. The number of ether oxygens (including phenoxy) is 1. The molecule has 1 aromatic carbocycles. The second-order valence-corrected chi connectivity index (χ2v) is 7.09. The predicted octanol–water partition coefficient (Wildman–Crippen LogP) is 4.17. The Hall–Kier alpha value is -2.35. The van der Waals surface area contributed by atoms with Gasteiger partial charge in [0.05, 0.1) is 30.5 Å². The van der Waals surface area contributed by atoms with Crippen LogP contribution >= 0.6 is 0 Å². The molecule has 1 aliphatic heterocycles. The average Bonchev–Trinajstić information content (AvgIpc) is 3.37. The molecule has 0 unspecified atom stereocenters. The number of carbonyl (C=O) groups excluding carboxylic acids is 1. The van der Waals surface area contributed by atoms with E-state index in [4.69, 9.17) is 9.15 Å². The number of amides is 1. The molecule has 0 spiro atoms. The summed E-state index contributed by atoms with van der Waals surface area (Å²) < 4.78 is 50.0. The summed E-state index contributed by atoms with van der Waals surface area (Å²) in [5, 5.41) is 0. The van der Waals surface area contributed by atoms with Gasteiger partial charge in [0.2, 0.25) is 5.76 Å². The van der Waals surface area contributed by atoms with Gasteiger partial charge < -0.3 is 14.1 Å². The van der Waals surface area contributed by atoms with Crippen LogP contribution in [0.5, 0.6) is 0 Å². The third-order valence-corrected chi connectivity index (χ3v) is 5.03. The molecular formula is C19H19F3N2O3. The van der Waals surface area contributed by atoms with E-state index >= 15 is 0 Å². The molecule has 1 saturated carbocycles. The normalized spacial score (nSPS) is 23.5. The minimum Gasteiger partial charge on any atom is -0.438 e.